The molecule has 0 aliphatic heterocycles. The maximum atomic E-state index is 13.1. The van der Waals surface area contributed by atoms with E-state index >= 15 is 0 Å². The van der Waals surface area contributed by atoms with Crippen molar-refractivity contribution in [1.29, 1.82) is 0 Å². The van der Waals surface area contributed by atoms with Crippen LogP contribution in [0.5, 0.6) is 0 Å². The molecular weight excluding hydrogens is 799 g/mol. The van der Waals surface area contributed by atoms with Crippen LogP contribution in [0.2, 0.25) is 0 Å². The standard InChI is InChI=1S/C37H45N15O9/c1-48-14-13-38-30(48)36(59)42-21-15-23(49(2)17-21)33(56)39-11-8-28(54)45-26-20-52(5)32(47-26)37(60)43-22-16-24(50(3)18-22)34(57)40-10-7-27(53)44-25-19-51(4)31(46-25)35(58)41-12-9-29(55)61-6/h13-20H,7-12H2,1-6H3,(H,39,56)(H,40,57)(H,41,58)(H,42,59)(H,43,60)(H,44,53)(H,45,54). The van der Waals surface area contributed by atoms with Gasteiger partial charge >= 0.3 is 5.97 Å². The lowest BCUT2D eigenvalue weighted by atomic mass is 10.3. The SMILES string of the molecule is COC(=O)CCNC(=O)c1nc(NC(=O)CCNC(=O)c2cc(NC(=O)c3nc(NC(=O)CCNC(=O)c4cc(NC(=O)c5nccn5C)cn4C)cn3C)cn2C)cn1C. The third-order valence-corrected chi connectivity index (χ3v) is 8.83. The number of carbonyl (C=O) groups excluding carboxylic acids is 8. The average Bonchev–Trinajstić information content (AvgIpc) is 4.03. The first-order chi connectivity index (χ1) is 29.0. The molecule has 24 nitrogen and oxygen atoms in total. The maximum absolute atomic E-state index is 13.1. The molecule has 0 radical (unpaired) electrons. The summed E-state index contributed by atoms with van der Waals surface area (Å²) in [5.74, 6) is -3.64. The van der Waals surface area contributed by atoms with Crippen LogP contribution in [-0.4, -0.2) is 112 Å². The van der Waals surface area contributed by atoms with E-state index in [4.69, 9.17) is 0 Å². The first kappa shape index (κ1) is 44.1. The average molecular weight is 844 g/mol. The predicted octanol–water partition coefficient (Wildman–Crippen LogP) is -0.121. The van der Waals surface area contributed by atoms with E-state index in [1.807, 2.05) is 0 Å². The van der Waals surface area contributed by atoms with Gasteiger partial charge in [0.1, 0.15) is 11.4 Å². The number of nitrogens with zero attached hydrogens (tertiary/aromatic N) is 8. The van der Waals surface area contributed by atoms with Gasteiger partial charge in [-0.1, -0.05) is 0 Å². The van der Waals surface area contributed by atoms with Crippen molar-refractivity contribution in [3.05, 3.63) is 78.2 Å². The summed E-state index contributed by atoms with van der Waals surface area (Å²) in [6.45, 7) is -0.00793. The topological polar surface area (TPSA) is 293 Å². The van der Waals surface area contributed by atoms with Crippen LogP contribution >= 0.6 is 0 Å². The van der Waals surface area contributed by atoms with E-state index in [1.165, 1.54) is 62.3 Å². The molecule has 5 rings (SSSR count). The van der Waals surface area contributed by atoms with Crippen LogP contribution in [0.15, 0.2) is 49.3 Å². The van der Waals surface area contributed by atoms with Crippen molar-refractivity contribution in [2.45, 2.75) is 19.3 Å². The summed E-state index contributed by atoms with van der Waals surface area (Å²) in [5, 5.41) is 18.4. The molecule has 7 amide bonds. The highest BCUT2D eigenvalue weighted by Gasteiger charge is 2.21. The Hall–Kier alpha value is -8.05. The molecule has 0 atom stereocenters. The maximum Gasteiger partial charge on any atom is 0.307 e. The normalized spacial score (nSPS) is 10.7. The Bertz CT molecular complexity index is 2490. The summed E-state index contributed by atoms with van der Waals surface area (Å²) in [4.78, 5) is 112. The van der Waals surface area contributed by atoms with Crippen LogP contribution in [0.3, 0.4) is 0 Å². The fraction of sp³-hybridized carbons (Fsp3) is 0.324. The zero-order chi connectivity index (χ0) is 44.4. The minimum absolute atomic E-state index is 0.0117. The Balaban J connectivity index is 1.04. The summed E-state index contributed by atoms with van der Waals surface area (Å²) < 4.78 is 11.9. The quantitative estimate of drug-likeness (QED) is 0.0569. The smallest absolute Gasteiger partial charge is 0.307 e. The molecule has 0 saturated heterocycles. The Morgan fingerprint density at radius 3 is 1.43 bits per heavy atom. The second-order valence-electron chi connectivity index (χ2n) is 13.5. The number of hydrogen-bond acceptors (Lipinski definition) is 12. The molecule has 0 fully saturated rings. The third kappa shape index (κ3) is 11.5. The monoisotopic (exact) mass is 843 g/mol. The fourth-order valence-corrected chi connectivity index (χ4v) is 5.78. The van der Waals surface area contributed by atoms with Crippen molar-refractivity contribution in [3.8, 4) is 0 Å². The van der Waals surface area contributed by atoms with Crippen LogP contribution in [0.1, 0.15) is 72.1 Å². The number of esters is 1. The number of nitrogens with one attached hydrogen (secondary N) is 7. The fourth-order valence-electron chi connectivity index (χ4n) is 5.78. The first-order valence-corrected chi connectivity index (χ1v) is 18.5. The minimum atomic E-state index is -0.626. The van der Waals surface area contributed by atoms with Gasteiger partial charge in [0.2, 0.25) is 23.5 Å². The molecule has 322 valence electrons. The molecule has 0 aliphatic rings. The zero-order valence-corrected chi connectivity index (χ0v) is 34.1. The second-order valence-corrected chi connectivity index (χ2v) is 13.5. The van der Waals surface area contributed by atoms with Gasteiger partial charge in [-0.3, -0.25) is 38.4 Å². The summed E-state index contributed by atoms with van der Waals surface area (Å²) in [7, 11) is 9.29. The lowest BCUT2D eigenvalue weighted by Gasteiger charge is -2.06. The van der Waals surface area contributed by atoms with E-state index in [2.05, 4.69) is 56.9 Å². The van der Waals surface area contributed by atoms with Gasteiger partial charge in [-0.15, -0.1) is 0 Å². The van der Waals surface area contributed by atoms with Crippen molar-refractivity contribution >= 4 is 70.3 Å². The highest BCUT2D eigenvalue weighted by atomic mass is 16.5. The largest absolute Gasteiger partial charge is 0.469 e. The molecule has 0 saturated carbocycles. The van der Waals surface area contributed by atoms with Crippen LogP contribution in [0, 0.1) is 0 Å². The lowest BCUT2D eigenvalue weighted by molar-refractivity contribution is -0.140. The van der Waals surface area contributed by atoms with Gasteiger partial charge in [0.25, 0.3) is 29.5 Å². The molecule has 61 heavy (non-hydrogen) atoms. The van der Waals surface area contributed by atoms with Crippen molar-refractivity contribution in [1.82, 2.24) is 53.7 Å². The number of aromatic nitrogens is 8. The van der Waals surface area contributed by atoms with Crippen LogP contribution < -0.4 is 37.2 Å². The molecular formula is C37H45N15O9. The Kier molecular flexibility index (Phi) is 14.2. The summed E-state index contributed by atoms with van der Waals surface area (Å²) in [5.41, 5.74) is 1.10. The van der Waals surface area contributed by atoms with Gasteiger partial charge in [-0.05, 0) is 12.1 Å². The highest BCUT2D eigenvalue weighted by molar-refractivity contribution is 6.04. The van der Waals surface area contributed by atoms with E-state index in [-0.39, 0.29) is 85.1 Å². The Labute approximate surface area is 347 Å². The molecule has 0 aliphatic carbocycles. The molecule has 0 bridgehead atoms. The van der Waals surface area contributed by atoms with Gasteiger partial charge in [-0.2, -0.15) is 0 Å². The Morgan fingerprint density at radius 2 is 0.967 bits per heavy atom. The lowest BCUT2D eigenvalue weighted by Crippen LogP contribution is -2.29. The van der Waals surface area contributed by atoms with Gasteiger partial charge in [-0.25, -0.2) is 15.0 Å². The second kappa shape index (κ2) is 19.6. The molecule has 5 aromatic rings. The van der Waals surface area contributed by atoms with Crippen LogP contribution in [0.4, 0.5) is 23.0 Å². The van der Waals surface area contributed by atoms with E-state index in [1.54, 1.807) is 52.2 Å². The Morgan fingerprint density at radius 1 is 0.525 bits per heavy atom. The van der Waals surface area contributed by atoms with Crippen LogP contribution in [0.25, 0.3) is 0 Å². The number of amides is 7. The van der Waals surface area contributed by atoms with Gasteiger partial charge in [0.05, 0.1) is 24.9 Å². The third-order valence-electron chi connectivity index (χ3n) is 8.83. The number of methoxy groups -OCH3 is 1. The minimum Gasteiger partial charge on any atom is -0.469 e. The number of rotatable bonds is 18. The zero-order valence-electron chi connectivity index (χ0n) is 34.1. The predicted molar refractivity (Wildman–Crippen MR) is 216 cm³/mol. The number of hydrogen-bond donors (Lipinski definition) is 7. The van der Waals surface area contributed by atoms with Crippen molar-refractivity contribution in [2.75, 3.05) is 48.0 Å². The first-order valence-electron chi connectivity index (χ1n) is 18.5. The van der Waals surface area contributed by atoms with E-state index in [9.17, 15) is 38.4 Å². The van der Waals surface area contributed by atoms with Crippen LogP contribution in [-0.2, 0) is 54.4 Å². The van der Waals surface area contributed by atoms with Gasteiger partial charge < -0.3 is 64.8 Å². The summed E-state index contributed by atoms with van der Waals surface area (Å²) >= 11 is 0. The van der Waals surface area contributed by atoms with E-state index < -0.39 is 47.3 Å². The highest BCUT2D eigenvalue weighted by Crippen LogP contribution is 2.17. The molecule has 7 N–H and O–H groups in total. The number of aryl methyl sites for hydroxylation is 5. The van der Waals surface area contributed by atoms with Gasteiger partial charge in [0.15, 0.2) is 17.5 Å². The molecule has 5 heterocycles. The molecule has 0 unspecified atom stereocenters. The molecule has 24 heteroatoms. The number of imidazole rings is 3. The van der Waals surface area contributed by atoms with E-state index in [0.717, 1.165) is 0 Å². The number of anilines is 4. The summed E-state index contributed by atoms with van der Waals surface area (Å²) in [6, 6.07) is 2.94. The molecule has 0 aromatic carbocycles. The summed E-state index contributed by atoms with van der Waals surface area (Å²) in [6.07, 6.45) is 8.86. The van der Waals surface area contributed by atoms with Gasteiger partial charge in [0, 0.05) is 105 Å². The van der Waals surface area contributed by atoms with E-state index in [0.29, 0.717) is 5.69 Å². The molecule has 0 spiro atoms. The van der Waals surface area contributed by atoms with Crippen molar-refractivity contribution < 1.29 is 43.1 Å². The number of carbonyl (C=O) groups is 8. The molecule has 5 aromatic heterocycles. The van der Waals surface area contributed by atoms with Crippen molar-refractivity contribution in [2.24, 2.45) is 35.2 Å². The van der Waals surface area contributed by atoms with Crippen molar-refractivity contribution in [3.63, 3.8) is 0 Å². The number of ether oxygens (including phenoxy) is 1.